The molecule has 0 spiro atoms. The van der Waals surface area contributed by atoms with Gasteiger partial charge in [0.05, 0.1) is 6.42 Å². The van der Waals surface area contributed by atoms with Crippen molar-refractivity contribution in [3.63, 3.8) is 0 Å². The monoisotopic (exact) mass is 308 g/mol. The molecule has 0 aliphatic carbocycles. The van der Waals surface area contributed by atoms with Crippen molar-refractivity contribution in [2.45, 2.75) is 26.1 Å². The van der Waals surface area contributed by atoms with Gasteiger partial charge in [-0.2, -0.15) is 11.3 Å². The predicted molar refractivity (Wildman–Crippen MR) is 84.1 cm³/mol. The first-order valence-electron chi connectivity index (χ1n) is 6.40. The second kappa shape index (κ2) is 6.88. The number of benzene rings is 1. The van der Waals surface area contributed by atoms with Crippen molar-refractivity contribution in [1.29, 1.82) is 0 Å². The maximum Gasteiger partial charge on any atom is 0.224 e. The molecular formula is C15H17ClN2OS. The van der Waals surface area contributed by atoms with Gasteiger partial charge in [-0.3, -0.25) is 4.79 Å². The van der Waals surface area contributed by atoms with Crippen LogP contribution in [0, 0.1) is 0 Å². The summed E-state index contributed by atoms with van der Waals surface area (Å²) in [6.45, 7) is 2.50. The summed E-state index contributed by atoms with van der Waals surface area (Å²) in [5, 5.41) is 10.3. The number of hydrogen-bond donors (Lipinski definition) is 2. The fraction of sp³-hybridized carbons (Fsp3) is 0.267. The number of carbonyl (C=O) groups excluding carboxylic acids is 1. The number of nitrogens with one attached hydrogen (secondary N) is 2. The molecule has 0 atom stereocenters. The van der Waals surface area contributed by atoms with Crippen LogP contribution in [0.3, 0.4) is 0 Å². The summed E-state index contributed by atoms with van der Waals surface area (Å²) in [6, 6.07) is 8.41. The number of rotatable bonds is 4. The lowest BCUT2D eigenvalue weighted by atomic mass is 10.1. The SMILES string of the molecule is Cl.O=C(Cc1ccsc1)NCc1ccc2c(c1)CNC2. The van der Waals surface area contributed by atoms with Gasteiger partial charge in [-0.05, 0) is 39.1 Å². The van der Waals surface area contributed by atoms with Crippen LogP contribution in [0.4, 0.5) is 0 Å². The molecule has 0 bridgehead atoms. The van der Waals surface area contributed by atoms with E-state index in [0.717, 1.165) is 18.7 Å². The highest BCUT2D eigenvalue weighted by atomic mass is 35.5. The van der Waals surface area contributed by atoms with E-state index >= 15 is 0 Å². The molecule has 1 aromatic heterocycles. The van der Waals surface area contributed by atoms with Crippen LogP contribution >= 0.6 is 23.7 Å². The Morgan fingerprint density at radius 2 is 2.05 bits per heavy atom. The Bertz CT molecular complexity index is 584. The fourth-order valence-corrected chi connectivity index (χ4v) is 2.97. The van der Waals surface area contributed by atoms with Crippen LogP contribution in [0.15, 0.2) is 35.0 Å². The number of amides is 1. The highest BCUT2D eigenvalue weighted by Gasteiger charge is 2.10. The summed E-state index contributed by atoms with van der Waals surface area (Å²) in [5.74, 6) is 0.0806. The second-order valence-corrected chi connectivity index (χ2v) is 5.57. The van der Waals surface area contributed by atoms with Gasteiger partial charge in [0.15, 0.2) is 0 Å². The Balaban J connectivity index is 0.00000147. The van der Waals surface area contributed by atoms with Crippen molar-refractivity contribution in [2.24, 2.45) is 0 Å². The van der Waals surface area contributed by atoms with E-state index in [0.29, 0.717) is 13.0 Å². The minimum Gasteiger partial charge on any atom is -0.352 e. The third kappa shape index (κ3) is 3.60. The van der Waals surface area contributed by atoms with Crippen LogP contribution in [0.1, 0.15) is 22.3 Å². The van der Waals surface area contributed by atoms with Crippen LogP contribution in [0.25, 0.3) is 0 Å². The van der Waals surface area contributed by atoms with Gasteiger partial charge in [0, 0.05) is 19.6 Å². The number of halogens is 1. The van der Waals surface area contributed by atoms with Gasteiger partial charge in [0.25, 0.3) is 0 Å². The van der Waals surface area contributed by atoms with Gasteiger partial charge in [0.2, 0.25) is 5.91 Å². The van der Waals surface area contributed by atoms with Crippen LogP contribution in [0.5, 0.6) is 0 Å². The Labute approximate surface area is 128 Å². The molecule has 0 unspecified atom stereocenters. The summed E-state index contributed by atoms with van der Waals surface area (Å²) >= 11 is 1.62. The molecule has 0 saturated heterocycles. The molecule has 3 nitrogen and oxygen atoms in total. The molecule has 2 heterocycles. The normalized spacial score (nSPS) is 12.6. The van der Waals surface area contributed by atoms with Crippen LogP contribution < -0.4 is 10.6 Å². The van der Waals surface area contributed by atoms with E-state index in [1.807, 2.05) is 16.8 Å². The lowest BCUT2D eigenvalue weighted by molar-refractivity contribution is -0.120. The minimum absolute atomic E-state index is 0. The summed E-state index contributed by atoms with van der Waals surface area (Å²) < 4.78 is 0. The lowest BCUT2D eigenvalue weighted by Crippen LogP contribution is -2.24. The zero-order chi connectivity index (χ0) is 13.1. The highest BCUT2D eigenvalue weighted by Crippen LogP contribution is 2.17. The van der Waals surface area contributed by atoms with Crippen molar-refractivity contribution >= 4 is 29.7 Å². The maximum atomic E-state index is 11.8. The molecule has 1 aliphatic rings. The molecule has 1 aromatic carbocycles. The van der Waals surface area contributed by atoms with Crippen molar-refractivity contribution < 1.29 is 4.79 Å². The molecule has 1 aliphatic heterocycles. The molecule has 0 fully saturated rings. The Kier molecular flexibility index (Phi) is 5.17. The van der Waals surface area contributed by atoms with Gasteiger partial charge in [0.1, 0.15) is 0 Å². The summed E-state index contributed by atoms with van der Waals surface area (Å²) in [4.78, 5) is 11.8. The highest BCUT2D eigenvalue weighted by molar-refractivity contribution is 7.07. The predicted octanol–water partition coefficient (Wildman–Crippen LogP) is 2.63. The van der Waals surface area contributed by atoms with Gasteiger partial charge in [-0.25, -0.2) is 0 Å². The molecule has 106 valence electrons. The summed E-state index contributed by atoms with van der Waals surface area (Å²) in [7, 11) is 0. The summed E-state index contributed by atoms with van der Waals surface area (Å²) in [5.41, 5.74) is 4.97. The van der Waals surface area contributed by atoms with Crippen LogP contribution in [-0.2, 0) is 30.8 Å². The first kappa shape index (κ1) is 15.0. The first-order chi connectivity index (χ1) is 9.31. The lowest BCUT2D eigenvalue weighted by Gasteiger charge is -2.06. The minimum atomic E-state index is 0. The van der Waals surface area contributed by atoms with E-state index in [4.69, 9.17) is 0 Å². The van der Waals surface area contributed by atoms with Gasteiger partial charge < -0.3 is 10.6 Å². The number of hydrogen-bond acceptors (Lipinski definition) is 3. The first-order valence-corrected chi connectivity index (χ1v) is 7.35. The molecule has 0 saturated carbocycles. The molecule has 20 heavy (non-hydrogen) atoms. The molecule has 2 N–H and O–H groups in total. The zero-order valence-electron chi connectivity index (χ0n) is 11.0. The Morgan fingerprint density at radius 1 is 1.20 bits per heavy atom. The standard InChI is InChI=1S/C15H16N2OS.ClH/c18-15(6-12-3-4-19-10-12)17-7-11-1-2-13-8-16-9-14(13)5-11;/h1-5,10,16H,6-9H2,(H,17,18);1H. The molecule has 1 amide bonds. The maximum absolute atomic E-state index is 11.8. The topological polar surface area (TPSA) is 41.1 Å². The van der Waals surface area contributed by atoms with E-state index < -0.39 is 0 Å². The van der Waals surface area contributed by atoms with Gasteiger partial charge >= 0.3 is 0 Å². The van der Waals surface area contributed by atoms with Gasteiger partial charge in [-0.15, -0.1) is 12.4 Å². The molecule has 3 rings (SSSR count). The smallest absolute Gasteiger partial charge is 0.224 e. The van der Waals surface area contributed by atoms with Crippen molar-refractivity contribution in [1.82, 2.24) is 10.6 Å². The van der Waals surface area contributed by atoms with Crippen LogP contribution in [-0.4, -0.2) is 5.91 Å². The summed E-state index contributed by atoms with van der Waals surface area (Å²) in [6.07, 6.45) is 0.468. The number of carbonyl (C=O) groups is 1. The Morgan fingerprint density at radius 3 is 2.85 bits per heavy atom. The number of fused-ring (bicyclic) bond motifs is 1. The third-order valence-electron chi connectivity index (χ3n) is 3.34. The van der Waals surface area contributed by atoms with E-state index in [-0.39, 0.29) is 18.3 Å². The molecular weight excluding hydrogens is 292 g/mol. The zero-order valence-corrected chi connectivity index (χ0v) is 12.7. The second-order valence-electron chi connectivity index (χ2n) is 4.79. The third-order valence-corrected chi connectivity index (χ3v) is 4.07. The largest absolute Gasteiger partial charge is 0.352 e. The van der Waals surface area contributed by atoms with Crippen molar-refractivity contribution in [3.8, 4) is 0 Å². The van der Waals surface area contributed by atoms with E-state index in [1.165, 1.54) is 16.7 Å². The molecule has 2 aromatic rings. The molecule has 0 radical (unpaired) electrons. The van der Waals surface area contributed by atoms with E-state index in [2.05, 4.69) is 28.8 Å². The average molecular weight is 309 g/mol. The molecule has 5 heteroatoms. The average Bonchev–Trinajstić information content (AvgIpc) is 3.06. The fourth-order valence-electron chi connectivity index (χ4n) is 2.30. The Hall–Kier alpha value is -1.36. The van der Waals surface area contributed by atoms with Gasteiger partial charge in [-0.1, -0.05) is 18.2 Å². The quantitative estimate of drug-likeness (QED) is 0.911. The van der Waals surface area contributed by atoms with Crippen molar-refractivity contribution in [3.05, 3.63) is 57.3 Å². The van der Waals surface area contributed by atoms with E-state index in [1.54, 1.807) is 11.3 Å². The van der Waals surface area contributed by atoms with E-state index in [9.17, 15) is 4.79 Å². The van der Waals surface area contributed by atoms with Crippen molar-refractivity contribution in [2.75, 3.05) is 0 Å². The number of thiophene rings is 1. The van der Waals surface area contributed by atoms with Crippen LogP contribution in [0.2, 0.25) is 0 Å².